The Morgan fingerprint density at radius 3 is 2.67 bits per heavy atom. The molecular weight excluding hydrogens is 356 g/mol. The highest BCUT2D eigenvalue weighted by atomic mass is 79.9. The van der Waals surface area contributed by atoms with E-state index < -0.39 is 0 Å². The van der Waals surface area contributed by atoms with Gasteiger partial charge in [0.05, 0.1) is 17.3 Å². The lowest BCUT2D eigenvalue weighted by molar-refractivity contribution is -0.117. The number of amides is 1. The van der Waals surface area contributed by atoms with Gasteiger partial charge in [-0.05, 0) is 52.9 Å². The summed E-state index contributed by atoms with van der Waals surface area (Å²) >= 11 is 9.37. The van der Waals surface area contributed by atoms with Crippen molar-refractivity contribution < 1.29 is 9.53 Å². The smallest absolute Gasteiger partial charge is 0.224 e. The Morgan fingerprint density at radius 1 is 1.48 bits per heavy atom. The number of hydrogen-bond donors (Lipinski definition) is 2. The number of carbonyl (C=O) groups is 1. The standard InChI is InChI=1S/C15H22BrClN2O2/c1-9(2)4-10(8-18)5-14(20)19-13-7-11(17)6-12(16)15(13)21-3/h6-7,9-10H,4-5,8,18H2,1-3H3,(H,19,20)/t10-/m0/s1. The molecule has 0 heterocycles. The average molecular weight is 378 g/mol. The zero-order valence-electron chi connectivity index (χ0n) is 12.6. The molecule has 21 heavy (non-hydrogen) atoms. The maximum absolute atomic E-state index is 12.2. The van der Waals surface area contributed by atoms with Crippen LogP contribution in [0.3, 0.4) is 0 Å². The van der Waals surface area contributed by atoms with Gasteiger partial charge in [0.2, 0.25) is 5.91 Å². The molecule has 0 saturated carbocycles. The van der Waals surface area contributed by atoms with E-state index in [1.165, 1.54) is 0 Å². The lowest BCUT2D eigenvalue weighted by atomic mass is 9.94. The van der Waals surface area contributed by atoms with E-state index in [4.69, 9.17) is 22.1 Å². The van der Waals surface area contributed by atoms with Crippen molar-refractivity contribution in [3.8, 4) is 5.75 Å². The van der Waals surface area contributed by atoms with Crippen LogP contribution in [0.5, 0.6) is 5.75 Å². The Hall–Kier alpha value is -0.780. The summed E-state index contributed by atoms with van der Waals surface area (Å²) in [5, 5.41) is 3.37. The highest BCUT2D eigenvalue weighted by Crippen LogP contribution is 2.36. The van der Waals surface area contributed by atoms with Gasteiger partial charge in [-0.3, -0.25) is 4.79 Å². The van der Waals surface area contributed by atoms with E-state index in [2.05, 4.69) is 35.1 Å². The molecule has 0 radical (unpaired) electrons. The van der Waals surface area contributed by atoms with Crippen LogP contribution in [0, 0.1) is 11.8 Å². The van der Waals surface area contributed by atoms with E-state index in [0.717, 1.165) is 6.42 Å². The normalized spacial score (nSPS) is 12.3. The lowest BCUT2D eigenvalue weighted by Gasteiger charge is -2.17. The van der Waals surface area contributed by atoms with Crippen LogP contribution in [-0.4, -0.2) is 19.6 Å². The molecule has 6 heteroatoms. The predicted octanol–water partition coefficient (Wildman–Crippen LogP) is 4.06. The number of nitrogens with one attached hydrogen (secondary N) is 1. The van der Waals surface area contributed by atoms with Gasteiger partial charge in [-0.2, -0.15) is 0 Å². The minimum absolute atomic E-state index is 0.0847. The highest BCUT2D eigenvalue weighted by molar-refractivity contribution is 9.10. The number of methoxy groups -OCH3 is 1. The first-order valence-corrected chi connectivity index (χ1v) is 8.07. The number of ether oxygens (including phenoxy) is 1. The molecule has 0 saturated heterocycles. The molecule has 1 aromatic carbocycles. The van der Waals surface area contributed by atoms with Crippen LogP contribution in [0.15, 0.2) is 16.6 Å². The summed E-state index contributed by atoms with van der Waals surface area (Å²) in [6.45, 7) is 4.75. The van der Waals surface area contributed by atoms with Crippen molar-refractivity contribution >= 4 is 39.1 Å². The number of rotatable bonds is 7. The minimum atomic E-state index is -0.0847. The zero-order valence-corrected chi connectivity index (χ0v) is 14.9. The van der Waals surface area contributed by atoms with Crippen molar-refractivity contribution in [2.24, 2.45) is 17.6 Å². The molecule has 0 aliphatic rings. The SMILES string of the molecule is COc1c(Br)cc(Cl)cc1NC(=O)C[C@@H](CN)CC(C)C. The van der Waals surface area contributed by atoms with Gasteiger partial charge in [0.1, 0.15) is 0 Å². The Balaban J connectivity index is 2.79. The summed E-state index contributed by atoms with van der Waals surface area (Å²) in [6, 6.07) is 3.39. The van der Waals surface area contributed by atoms with Crippen molar-refractivity contribution in [1.29, 1.82) is 0 Å². The molecule has 0 fully saturated rings. The second-order valence-electron chi connectivity index (χ2n) is 5.45. The molecular formula is C15H22BrClN2O2. The zero-order chi connectivity index (χ0) is 16.0. The van der Waals surface area contributed by atoms with Gasteiger partial charge in [0.25, 0.3) is 0 Å². The molecule has 1 amide bonds. The first-order valence-electron chi connectivity index (χ1n) is 6.90. The van der Waals surface area contributed by atoms with Crippen LogP contribution in [0.1, 0.15) is 26.7 Å². The minimum Gasteiger partial charge on any atom is -0.493 e. The first-order chi connectivity index (χ1) is 9.87. The van der Waals surface area contributed by atoms with Crippen LogP contribution in [0.4, 0.5) is 5.69 Å². The van der Waals surface area contributed by atoms with Crippen molar-refractivity contribution in [1.82, 2.24) is 0 Å². The number of halogens is 2. The molecule has 118 valence electrons. The molecule has 3 N–H and O–H groups in total. The second kappa shape index (κ2) is 8.61. The highest BCUT2D eigenvalue weighted by Gasteiger charge is 2.17. The number of nitrogens with two attached hydrogens (primary N) is 1. The van der Waals surface area contributed by atoms with E-state index in [0.29, 0.717) is 39.8 Å². The van der Waals surface area contributed by atoms with E-state index in [1.807, 2.05) is 0 Å². The topological polar surface area (TPSA) is 64.3 Å². The third kappa shape index (κ3) is 5.85. The molecule has 0 spiro atoms. The molecule has 0 unspecified atom stereocenters. The summed E-state index contributed by atoms with van der Waals surface area (Å²) in [5.74, 6) is 1.17. The maximum atomic E-state index is 12.2. The summed E-state index contributed by atoms with van der Waals surface area (Å²) in [5.41, 5.74) is 6.29. The quantitative estimate of drug-likeness (QED) is 0.753. The molecule has 1 aromatic rings. The van der Waals surface area contributed by atoms with Crippen LogP contribution in [0.25, 0.3) is 0 Å². The Bertz CT molecular complexity index is 495. The van der Waals surface area contributed by atoms with Gasteiger partial charge < -0.3 is 15.8 Å². The Kier molecular flexibility index (Phi) is 7.49. The second-order valence-corrected chi connectivity index (χ2v) is 6.74. The molecule has 0 aromatic heterocycles. The average Bonchev–Trinajstić information content (AvgIpc) is 2.36. The van der Waals surface area contributed by atoms with Crippen LogP contribution in [0.2, 0.25) is 5.02 Å². The van der Waals surface area contributed by atoms with Crippen molar-refractivity contribution in [2.75, 3.05) is 19.0 Å². The third-order valence-corrected chi connectivity index (χ3v) is 3.91. The summed E-state index contributed by atoms with van der Waals surface area (Å²) in [7, 11) is 1.55. The van der Waals surface area contributed by atoms with Gasteiger partial charge in [0, 0.05) is 11.4 Å². The Morgan fingerprint density at radius 2 is 2.14 bits per heavy atom. The maximum Gasteiger partial charge on any atom is 0.224 e. The Labute approximate surface area is 139 Å². The van der Waals surface area contributed by atoms with Crippen molar-refractivity contribution in [3.05, 3.63) is 21.6 Å². The van der Waals surface area contributed by atoms with Gasteiger partial charge in [0.15, 0.2) is 5.75 Å². The van der Waals surface area contributed by atoms with Gasteiger partial charge in [-0.1, -0.05) is 25.4 Å². The van der Waals surface area contributed by atoms with Crippen LogP contribution in [-0.2, 0) is 4.79 Å². The lowest BCUT2D eigenvalue weighted by Crippen LogP contribution is -2.23. The molecule has 0 aliphatic carbocycles. The van der Waals surface area contributed by atoms with E-state index in [1.54, 1.807) is 19.2 Å². The van der Waals surface area contributed by atoms with E-state index in [-0.39, 0.29) is 11.8 Å². The first kappa shape index (κ1) is 18.3. The monoisotopic (exact) mass is 376 g/mol. The molecule has 1 atom stereocenters. The molecule has 0 aliphatic heterocycles. The number of benzene rings is 1. The van der Waals surface area contributed by atoms with Gasteiger partial charge in [-0.15, -0.1) is 0 Å². The molecule has 4 nitrogen and oxygen atoms in total. The number of hydrogen-bond acceptors (Lipinski definition) is 3. The largest absolute Gasteiger partial charge is 0.493 e. The van der Waals surface area contributed by atoms with Crippen molar-refractivity contribution in [2.45, 2.75) is 26.7 Å². The molecule has 1 rings (SSSR count). The predicted molar refractivity (Wildman–Crippen MR) is 91.0 cm³/mol. The fourth-order valence-electron chi connectivity index (χ4n) is 2.25. The third-order valence-electron chi connectivity index (χ3n) is 3.10. The summed E-state index contributed by atoms with van der Waals surface area (Å²) in [6.07, 6.45) is 1.32. The van der Waals surface area contributed by atoms with Crippen LogP contribution >= 0.6 is 27.5 Å². The fraction of sp³-hybridized carbons (Fsp3) is 0.533. The number of carbonyl (C=O) groups excluding carboxylic acids is 1. The summed E-state index contributed by atoms with van der Waals surface area (Å²) in [4.78, 5) is 12.2. The molecule has 0 bridgehead atoms. The number of anilines is 1. The fourth-order valence-corrected chi connectivity index (χ4v) is 3.23. The summed E-state index contributed by atoms with van der Waals surface area (Å²) < 4.78 is 5.98. The van der Waals surface area contributed by atoms with Gasteiger partial charge in [-0.25, -0.2) is 0 Å². The van der Waals surface area contributed by atoms with E-state index in [9.17, 15) is 4.79 Å². The van der Waals surface area contributed by atoms with Gasteiger partial charge >= 0.3 is 0 Å². The van der Waals surface area contributed by atoms with Crippen LogP contribution < -0.4 is 15.8 Å². The van der Waals surface area contributed by atoms with E-state index >= 15 is 0 Å². The van der Waals surface area contributed by atoms with Crippen molar-refractivity contribution in [3.63, 3.8) is 0 Å².